The number of nitrogens with one attached hydrogen (secondary N) is 2. The van der Waals surface area contributed by atoms with Crippen LogP contribution in [0.4, 0.5) is 4.79 Å². The molecule has 0 aliphatic carbocycles. The summed E-state index contributed by atoms with van der Waals surface area (Å²) in [5, 5.41) is 3.99. The molecule has 0 aromatic heterocycles. The summed E-state index contributed by atoms with van der Waals surface area (Å²) >= 11 is 0. The number of amides is 4. The smallest absolute Gasteiger partial charge is 0.328 e. The standard InChI is InChI=1S/C14H12N2O4/c1-20-11-8-3-2-5-9(11)6-4-7-10-12(17)15-14(19)16-13(10)18/h2-8H,1H3,(H2,15,16,17,18,19)/b6-4+. The number of urea groups is 1. The Balaban J connectivity index is 2.20. The van der Waals surface area contributed by atoms with Crippen LogP contribution in [0.2, 0.25) is 0 Å². The van der Waals surface area contributed by atoms with E-state index < -0.39 is 17.8 Å². The highest BCUT2D eigenvalue weighted by molar-refractivity contribution is 6.29. The molecule has 1 aromatic rings. The van der Waals surface area contributed by atoms with E-state index in [2.05, 4.69) is 0 Å². The van der Waals surface area contributed by atoms with Gasteiger partial charge in [-0.1, -0.05) is 30.4 Å². The van der Waals surface area contributed by atoms with Gasteiger partial charge in [0.2, 0.25) is 0 Å². The molecule has 6 heteroatoms. The molecule has 1 fully saturated rings. The van der Waals surface area contributed by atoms with Crippen molar-refractivity contribution >= 4 is 23.9 Å². The molecule has 1 aliphatic heterocycles. The summed E-state index contributed by atoms with van der Waals surface area (Å²) in [5.41, 5.74) is 0.676. The Kier molecular flexibility index (Phi) is 3.95. The molecule has 0 spiro atoms. The molecule has 1 aliphatic rings. The third-order valence-electron chi connectivity index (χ3n) is 2.62. The first kappa shape index (κ1) is 13.5. The topological polar surface area (TPSA) is 84.5 Å². The van der Waals surface area contributed by atoms with E-state index in [4.69, 9.17) is 4.74 Å². The van der Waals surface area contributed by atoms with Gasteiger partial charge in [0.25, 0.3) is 11.8 Å². The van der Waals surface area contributed by atoms with Gasteiger partial charge in [-0.25, -0.2) is 4.79 Å². The molecule has 0 saturated carbocycles. The maximum absolute atomic E-state index is 11.5. The van der Waals surface area contributed by atoms with E-state index >= 15 is 0 Å². The zero-order chi connectivity index (χ0) is 14.5. The highest BCUT2D eigenvalue weighted by Crippen LogP contribution is 2.18. The van der Waals surface area contributed by atoms with Crippen molar-refractivity contribution in [2.75, 3.05) is 7.11 Å². The maximum Gasteiger partial charge on any atom is 0.328 e. The van der Waals surface area contributed by atoms with Gasteiger partial charge >= 0.3 is 6.03 Å². The van der Waals surface area contributed by atoms with Gasteiger partial charge in [0.05, 0.1) is 7.11 Å². The molecule has 102 valence electrons. The normalized spacial score (nSPS) is 15.1. The first-order valence-electron chi connectivity index (χ1n) is 5.80. The minimum Gasteiger partial charge on any atom is -0.496 e. The number of barbiturate groups is 1. The summed E-state index contributed by atoms with van der Waals surface area (Å²) in [4.78, 5) is 33.8. The van der Waals surface area contributed by atoms with Crippen molar-refractivity contribution in [3.63, 3.8) is 0 Å². The van der Waals surface area contributed by atoms with E-state index in [0.29, 0.717) is 5.75 Å². The number of hydrogen-bond acceptors (Lipinski definition) is 4. The average Bonchev–Trinajstić information content (AvgIpc) is 2.42. The number of benzene rings is 1. The first-order chi connectivity index (χ1) is 9.61. The zero-order valence-electron chi connectivity index (χ0n) is 10.7. The molecule has 0 bridgehead atoms. The van der Waals surface area contributed by atoms with Crippen molar-refractivity contribution in [1.82, 2.24) is 10.6 Å². The van der Waals surface area contributed by atoms with E-state index in [1.165, 1.54) is 6.08 Å². The number of methoxy groups -OCH3 is 1. The number of carbonyl (C=O) groups excluding carboxylic acids is 3. The fourth-order valence-electron chi connectivity index (χ4n) is 1.68. The molecule has 1 saturated heterocycles. The summed E-state index contributed by atoms with van der Waals surface area (Å²) < 4.78 is 5.17. The van der Waals surface area contributed by atoms with Crippen LogP contribution >= 0.6 is 0 Å². The Morgan fingerprint density at radius 1 is 1.05 bits per heavy atom. The Morgan fingerprint density at radius 3 is 2.35 bits per heavy atom. The molecule has 2 rings (SSSR count). The number of para-hydroxylation sites is 1. The Hall–Kier alpha value is -2.89. The molecule has 1 heterocycles. The number of rotatable bonds is 3. The van der Waals surface area contributed by atoms with Gasteiger partial charge < -0.3 is 4.74 Å². The summed E-state index contributed by atoms with van der Waals surface area (Å²) in [6.45, 7) is 0. The van der Waals surface area contributed by atoms with Crippen LogP contribution in [0.5, 0.6) is 5.75 Å². The van der Waals surface area contributed by atoms with Gasteiger partial charge in [-0.3, -0.25) is 20.2 Å². The lowest BCUT2D eigenvalue weighted by Gasteiger charge is -2.13. The van der Waals surface area contributed by atoms with E-state index in [1.54, 1.807) is 25.3 Å². The quantitative estimate of drug-likeness (QED) is 0.635. The van der Waals surface area contributed by atoms with E-state index in [1.807, 2.05) is 28.8 Å². The van der Waals surface area contributed by atoms with E-state index in [-0.39, 0.29) is 5.57 Å². The lowest BCUT2D eigenvalue weighted by molar-refractivity contribution is -0.124. The lowest BCUT2D eigenvalue weighted by atomic mass is 10.1. The van der Waals surface area contributed by atoms with Crippen LogP contribution in [-0.4, -0.2) is 25.0 Å². The second-order valence-electron chi connectivity index (χ2n) is 3.92. The number of imide groups is 2. The molecule has 20 heavy (non-hydrogen) atoms. The Morgan fingerprint density at radius 2 is 1.70 bits per heavy atom. The second-order valence-corrected chi connectivity index (χ2v) is 3.92. The van der Waals surface area contributed by atoms with Gasteiger partial charge in [0.1, 0.15) is 11.3 Å². The van der Waals surface area contributed by atoms with Crippen molar-refractivity contribution in [2.45, 2.75) is 0 Å². The predicted molar refractivity (Wildman–Crippen MR) is 71.8 cm³/mol. The van der Waals surface area contributed by atoms with Crippen LogP contribution in [0.25, 0.3) is 6.08 Å². The van der Waals surface area contributed by atoms with E-state index in [9.17, 15) is 14.4 Å². The van der Waals surface area contributed by atoms with E-state index in [0.717, 1.165) is 5.56 Å². The summed E-state index contributed by atoms with van der Waals surface area (Å²) in [7, 11) is 1.55. The Bertz CT molecular complexity index is 610. The molecular formula is C14H12N2O4. The SMILES string of the molecule is COc1ccccc1/C=C/C=C1C(=O)NC(=O)NC1=O. The number of allylic oxidation sites excluding steroid dienone is 2. The largest absolute Gasteiger partial charge is 0.496 e. The van der Waals surface area contributed by atoms with Crippen molar-refractivity contribution in [2.24, 2.45) is 0 Å². The van der Waals surface area contributed by atoms with Gasteiger partial charge in [0.15, 0.2) is 0 Å². The van der Waals surface area contributed by atoms with Crippen LogP contribution in [0.1, 0.15) is 5.56 Å². The predicted octanol–water partition coefficient (Wildman–Crippen LogP) is 1.00. The monoisotopic (exact) mass is 272 g/mol. The number of hydrogen-bond donors (Lipinski definition) is 2. The van der Waals surface area contributed by atoms with Crippen molar-refractivity contribution in [1.29, 1.82) is 0 Å². The average molecular weight is 272 g/mol. The molecule has 4 amide bonds. The van der Waals surface area contributed by atoms with Gasteiger partial charge in [0, 0.05) is 5.56 Å². The van der Waals surface area contributed by atoms with Gasteiger partial charge in [-0.05, 0) is 12.1 Å². The number of ether oxygens (including phenoxy) is 1. The molecular weight excluding hydrogens is 260 g/mol. The van der Waals surface area contributed by atoms with Crippen LogP contribution in [0, 0.1) is 0 Å². The van der Waals surface area contributed by atoms with Crippen molar-refractivity contribution in [3.8, 4) is 5.75 Å². The lowest BCUT2D eigenvalue weighted by Crippen LogP contribution is -2.51. The van der Waals surface area contributed by atoms with Crippen LogP contribution in [0.3, 0.4) is 0 Å². The molecule has 2 N–H and O–H groups in total. The van der Waals surface area contributed by atoms with Crippen molar-refractivity contribution < 1.29 is 19.1 Å². The molecule has 6 nitrogen and oxygen atoms in total. The summed E-state index contributed by atoms with van der Waals surface area (Å²) in [6, 6.07) is 6.49. The summed E-state index contributed by atoms with van der Waals surface area (Å²) in [5.74, 6) is -0.762. The third kappa shape index (κ3) is 2.92. The third-order valence-corrected chi connectivity index (χ3v) is 2.62. The summed E-state index contributed by atoms with van der Waals surface area (Å²) in [6.07, 6.45) is 4.58. The van der Waals surface area contributed by atoms with Crippen LogP contribution < -0.4 is 15.4 Å². The second kappa shape index (κ2) is 5.83. The zero-order valence-corrected chi connectivity index (χ0v) is 10.7. The minimum atomic E-state index is -0.814. The molecule has 0 unspecified atom stereocenters. The van der Waals surface area contributed by atoms with Gasteiger partial charge in [-0.15, -0.1) is 0 Å². The van der Waals surface area contributed by atoms with Crippen LogP contribution in [0.15, 0.2) is 42.0 Å². The van der Waals surface area contributed by atoms with Crippen LogP contribution in [-0.2, 0) is 9.59 Å². The van der Waals surface area contributed by atoms with Gasteiger partial charge in [-0.2, -0.15) is 0 Å². The number of carbonyl (C=O) groups is 3. The minimum absolute atomic E-state index is 0.129. The maximum atomic E-state index is 11.5. The highest BCUT2D eigenvalue weighted by Gasteiger charge is 2.26. The molecule has 1 aromatic carbocycles. The highest BCUT2D eigenvalue weighted by atomic mass is 16.5. The fraction of sp³-hybridized carbons (Fsp3) is 0.0714. The molecule has 0 atom stereocenters. The fourth-order valence-corrected chi connectivity index (χ4v) is 1.68. The Labute approximate surface area is 115 Å². The molecule has 0 radical (unpaired) electrons. The first-order valence-corrected chi connectivity index (χ1v) is 5.80. The van der Waals surface area contributed by atoms with Crippen molar-refractivity contribution in [3.05, 3.63) is 47.6 Å².